The molecule has 1 fully saturated rings. The predicted molar refractivity (Wildman–Crippen MR) is 55.6 cm³/mol. The van der Waals surface area contributed by atoms with Gasteiger partial charge in [-0.05, 0) is 0 Å². The summed E-state index contributed by atoms with van der Waals surface area (Å²) in [6.07, 6.45) is 0. The molecule has 89 valence electrons. The van der Waals surface area contributed by atoms with Gasteiger partial charge in [0.2, 0.25) is 0 Å². The number of nitrogens with one attached hydrogen (secondary N) is 1. The van der Waals surface area contributed by atoms with Crippen LogP contribution in [-0.2, 0) is 18.9 Å². The molecule has 1 rings (SSSR count). The van der Waals surface area contributed by atoms with Gasteiger partial charge in [0.1, 0.15) is 6.61 Å². The molecule has 1 aliphatic rings. The van der Waals surface area contributed by atoms with Crippen LogP contribution in [0.4, 0.5) is 0 Å². The SMILES string of the molecule is [CH]1COCCOCCOCCNCCO1. The van der Waals surface area contributed by atoms with Gasteiger partial charge in [0.05, 0.1) is 46.2 Å². The summed E-state index contributed by atoms with van der Waals surface area (Å²) in [5.41, 5.74) is 0. The quantitative estimate of drug-likeness (QED) is 0.611. The average Bonchev–Trinajstić information content (AvgIpc) is 2.27. The van der Waals surface area contributed by atoms with E-state index in [9.17, 15) is 0 Å². The van der Waals surface area contributed by atoms with Gasteiger partial charge in [0.15, 0.2) is 0 Å². The lowest BCUT2D eigenvalue weighted by atomic mass is 10.6. The second-order valence-corrected chi connectivity index (χ2v) is 3.09. The minimum atomic E-state index is 0.514. The molecule has 1 heterocycles. The maximum absolute atomic E-state index is 5.33. The van der Waals surface area contributed by atoms with Crippen LogP contribution in [0, 0.1) is 6.61 Å². The predicted octanol–water partition coefficient (Wildman–Crippen LogP) is -0.182. The Bertz CT molecular complexity index is 76.0. The molecule has 1 N–H and O–H groups in total. The zero-order valence-corrected chi connectivity index (χ0v) is 9.07. The van der Waals surface area contributed by atoms with E-state index < -0.39 is 0 Å². The van der Waals surface area contributed by atoms with Crippen LogP contribution in [0.2, 0.25) is 0 Å². The van der Waals surface area contributed by atoms with E-state index in [1.165, 1.54) is 0 Å². The molecule has 0 aromatic heterocycles. The van der Waals surface area contributed by atoms with E-state index >= 15 is 0 Å². The highest BCUT2D eigenvalue weighted by molar-refractivity contribution is 4.51. The Balaban J connectivity index is 2.01. The molecule has 1 saturated heterocycles. The first-order valence-electron chi connectivity index (χ1n) is 5.37. The Hall–Kier alpha value is -0.200. The molecule has 0 aromatic rings. The molecule has 0 atom stereocenters. The molecular formula is C10H20NO4. The topological polar surface area (TPSA) is 49.0 Å². The monoisotopic (exact) mass is 218 g/mol. The fourth-order valence-electron chi connectivity index (χ4n) is 1.10. The van der Waals surface area contributed by atoms with E-state index in [-0.39, 0.29) is 0 Å². The van der Waals surface area contributed by atoms with Gasteiger partial charge in [-0.1, -0.05) is 0 Å². The number of hydrogen-bond acceptors (Lipinski definition) is 5. The van der Waals surface area contributed by atoms with Crippen molar-refractivity contribution >= 4 is 0 Å². The summed E-state index contributed by atoms with van der Waals surface area (Å²) in [5.74, 6) is 0. The first-order valence-corrected chi connectivity index (χ1v) is 5.37. The number of rotatable bonds is 0. The second-order valence-electron chi connectivity index (χ2n) is 3.09. The minimum absolute atomic E-state index is 0.514. The van der Waals surface area contributed by atoms with E-state index in [2.05, 4.69) is 5.32 Å². The summed E-state index contributed by atoms with van der Waals surface area (Å²) < 4.78 is 21.1. The van der Waals surface area contributed by atoms with Crippen LogP contribution in [0.3, 0.4) is 0 Å². The van der Waals surface area contributed by atoms with Crippen molar-refractivity contribution < 1.29 is 18.9 Å². The Morgan fingerprint density at radius 1 is 0.733 bits per heavy atom. The molecule has 0 unspecified atom stereocenters. The van der Waals surface area contributed by atoms with Crippen molar-refractivity contribution in [1.29, 1.82) is 0 Å². The van der Waals surface area contributed by atoms with Gasteiger partial charge in [0, 0.05) is 13.1 Å². The van der Waals surface area contributed by atoms with Crippen molar-refractivity contribution in [2.75, 3.05) is 59.3 Å². The van der Waals surface area contributed by atoms with E-state index in [4.69, 9.17) is 18.9 Å². The molecule has 0 spiro atoms. The third kappa shape index (κ3) is 8.77. The zero-order valence-electron chi connectivity index (χ0n) is 9.07. The van der Waals surface area contributed by atoms with E-state index in [1.54, 1.807) is 6.61 Å². The molecule has 1 radical (unpaired) electrons. The molecule has 0 amide bonds. The van der Waals surface area contributed by atoms with Crippen LogP contribution in [0.25, 0.3) is 0 Å². The minimum Gasteiger partial charge on any atom is -0.378 e. The highest BCUT2D eigenvalue weighted by atomic mass is 16.6. The van der Waals surface area contributed by atoms with Crippen LogP contribution in [0.15, 0.2) is 0 Å². The first-order chi connectivity index (χ1) is 7.50. The second kappa shape index (κ2) is 10.3. The Morgan fingerprint density at radius 3 is 2.27 bits per heavy atom. The summed E-state index contributed by atoms with van der Waals surface area (Å²) >= 11 is 0. The van der Waals surface area contributed by atoms with Gasteiger partial charge in [0.25, 0.3) is 0 Å². The number of hydrogen-bond donors (Lipinski definition) is 1. The van der Waals surface area contributed by atoms with Crippen molar-refractivity contribution in [2.45, 2.75) is 0 Å². The lowest BCUT2D eigenvalue weighted by molar-refractivity contribution is 0.0131. The van der Waals surface area contributed by atoms with Crippen LogP contribution in [-0.4, -0.2) is 59.3 Å². The summed E-state index contributed by atoms with van der Waals surface area (Å²) in [6, 6.07) is 0. The molecule has 0 aromatic carbocycles. The maximum Gasteiger partial charge on any atom is 0.109 e. The third-order valence-electron chi connectivity index (χ3n) is 1.87. The summed E-state index contributed by atoms with van der Waals surface area (Å²) in [5, 5.41) is 3.20. The molecule has 15 heavy (non-hydrogen) atoms. The average molecular weight is 218 g/mol. The van der Waals surface area contributed by atoms with Crippen molar-refractivity contribution in [3.05, 3.63) is 6.61 Å². The molecular weight excluding hydrogens is 198 g/mol. The van der Waals surface area contributed by atoms with Gasteiger partial charge < -0.3 is 24.3 Å². The van der Waals surface area contributed by atoms with Crippen molar-refractivity contribution in [3.63, 3.8) is 0 Å². The summed E-state index contributed by atoms with van der Waals surface area (Å²) in [7, 11) is 0. The summed E-state index contributed by atoms with van der Waals surface area (Å²) in [6.45, 7) is 7.72. The fraction of sp³-hybridized carbons (Fsp3) is 0.900. The van der Waals surface area contributed by atoms with Crippen molar-refractivity contribution in [3.8, 4) is 0 Å². The number of ether oxygens (including phenoxy) is 4. The molecule has 5 nitrogen and oxygen atoms in total. The fourth-order valence-corrected chi connectivity index (χ4v) is 1.10. The molecule has 5 heteroatoms. The van der Waals surface area contributed by atoms with Crippen LogP contribution in [0.5, 0.6) is 0 Å². The largest absolute Gasteiger partial charge is 0.378 e. The lowest BCUT2D eigenvalue weighted by Gasteiger charge is -2.05. The first kappa shape index (κ1) is 12.9. The third-order valence-corrected chi connectivity index (χ3v) is 1.87. The lowest BCUT2D eigenvalue weighted by Crippen LogP contribution is -2.24. The Morgan fingerprint density at radius 2 is 1.40 bits per heavy atom. The van der Waals surface area contributed by atoms with Gasteiger partial charge in [-0.3, -0.25) is 0 Å². The van der Waals surface area contributed by atoms with Gasteiger partial charge >= 0.3 is 0 Å². The van der Waals surface area contributed by atoms with Gasteiger partial charge in [-0.25, -0.2) is 0 Å². The standard InChI is InChI=1S/C10H20NO4/c1-3-12-5-7-14-9-10-15-8-6-13-4-2-11-1/h5,11H,1-4,6-10H2. The van der Waals surface area contributed by atoms with Crippen molar-refractivity contribution in [1.82, 2.24) is 5.32 Å². The summed E-state index contributed by atoms with van der Waals surface area (Å²) in [4.78, 5) is 0. The molecule has 0 bridgehead atoms. The van der Waals surface area contributed by atoms with E-state index in [0.717, 1.165) is 13.1 Å². The van der Waals surface area contributed by atoms with Crippen LogP contribution in [0.1, 0.15) is 0 Å². The van der Waals surface area contributed by atoms with E-state index in [1.807, 2.05) is 0 Å². The highest BCUT2D eigenvalue weighted by Gasteiger charge is 1.95. The van der Waals surface area contributed by atoms with Crippen LogP contribution >= 0.6 is 0 Å². The normalized spacial score (nSPS) is 24.0. The Labute approximate surface area is 91.0 Å². The zero-order chi connectivity index (χ0) is 10.6. The van der Waals surface area contributed by atoms with Crippen molar-refractivity contribution in [2.24, 2.45) is 0 Å². The van der Waals surface area contributed by atoms with Gasteiger partial charge in [-0.2, -0.15) is 0 Å². The Kier molecular flexibility index (Phi) is 8.85. The molecule has 0 aliphatic carbocycles. The van der Waals surface area contributed by atoms with Crippen LogP contribution < -0.4 is 5.32 Å². The smallest absolute Gasteiger partial charge is 0.109 e. The van der Waals surface area contributed by atoms with Gasteiger partial charge in [-0.15, -0.1) is 0 Å². The highest BCUT2D eigenvalue weighted by Crippen LogP contribution is 1.86. The molecule has 0 saturated carbocycles. The molecule has 1 aliphatic heterocycles. The van der Waals surface area contributed by atoms with E-state index in [0.29, 0.717) is 46.2 Å². The maximum atomic E-state index is 5.33.